The van der Waals surface area contributed by atoms with Gasteiger partial charge in [-0.1, -0.05) is 49.4 Å². The second-order valence-electron chi connectivity index (χ2n) is 7.72. The summed E-state index contributed by atoms with van der Waals surface area (Å²) in [5.74, 6) is 0.229. The smallest absolute Gasteiger partial charge is 0.251 e. The molecule has 4 nitrogen and oxygen atoms in total. The molecule has 0 aliphatic heterocycles. The zero-order valence-corrected chi connectivity index (χ0v) is 18.0. The zero-order chi connectivity index (χ0) is 21.5. The van der Waals surface area contributed by atoms with Crippen LogP contribution in [0.4, 0.5) is 0 Å². The first kappa shape index (κ1) is 21.6. The fourth-order valence-corrected chi connectivity index (χ4v) is 3.71. The third-order valence-electron chi connectivity index (χ3n) is 5.22. The molecule has 0 unspecified atom stereocenters. The van der Waals surface area contributed by atoms with Crippen LogP contribution in [0, 0.1) is 0 Å². The molecule has 156 valence electrons. The quantitative estimate of drug-likeness (QED) is 0.547. The maximum Gasteiger partial charge on any atom is 0.251 e. The topological polar surface area (TPSA) is 45.5 Å². The highest BCUT2D eigenvalue weighted by Gasteiger charge is 2.14. The SMILES string of the molecule is CCC(=C(c1ccc(O)cc1)c1ccn(CCCN(C)C)c(=O)c1)c1ccccc1. The van der Waals surface area contributed by atoms with E-state index in [1.165, 1.54) is 5.57 Å². The third-order valence-corrected chi connectivity index (χ3v) is 5.22. The molecule has 0 fully saturated rings. The average Bonchev–Trinajstić information content (AvgIpc) is 2.74. The molecule has 1 aromatic heterocycles. The second-order valence-corrected chi connectivity index (χ2v) is 7.72. The number of phenolic OH excluding ortho intramolecular Hbond substituents is 1. The van der Waals surface area contributed by atoms with Gasteiger partial charge < -0.3 is 14.6 Å². The van der Waals surface area contributed by atoms with Crippen LogP contribution in [0.25, 0.3) is 11.1 Å². The number of aromatic hydroxyl groups is 1. The fraction of sp³-hybridized carbons (Fsp3) is 0.269. The molecule has 0 bridgehead atoms. The van der Waals surface area contributed by atoms with Crippen LogP contribution in [-0.2, 0) is 6.54 Å². The van der Waals surface area contributed by atoms with E-state index >= 15 is 0 Å². The van der Waals surface area contributed by atoms with Crippen molar-refractivity contribution in [2.24, 2.45) is 0 Å². The summed E-state index contributed by atoms with van der Waals surface area (Å²) < 4.78 is 1.77. The summed E-state index contributed by atoms with van der Waals surface area (Å²) in [6.07, 6.45) is 3.65. The minimum Gasteiger partial charge on any atom is -0.508 e. The first-order valence-corrected chi connectivity index (χ1v) is 10.4. The number of hydrogen-bond donors (Lipinski definition) is 1. The van der Waals surface area contributed by atoms with E-state index in [1.807, 2.05) is 56.7 Å². The summed E-state index contributed by atoms with van der Waals surface area (Å²) in [5.41, 5.74) is 5.23. The summed E-state index contributed by atoms with van der Waals surface area (Å²) >= 11 is 0. The molecule has 3 aromatic rings. The molecule has 0 saturated heterocycles. The molecule has 0 saturated carbocycles. The van der Waals surface area contributed by atoms with E-state index < -0.39 is 0 Å². The van der Waals surface area contributed by atoms with Crippen molar-refractivity contribution in [2.45, 2.75) is 26.3 Å². The molecule has 0 radical (unpaired) electrons. The predicted molar refractivity (Wildman–Crippen MR) is 125 cm³/mol. The number of aromatic nitrogens is 1. The molecule has 3 rings (SSSR count). The van der Waals surface area contributed by atoms with Crippen LogP contribution >= 0.6 is 0 Å². The molecular weight excluding hydrogens is 372 g/mol. The van der Waals surface area contributed by atoms with Crippen LogP contribution in [0.2, 0.25) is 0 Å². The number of benzene rings is 2. The lowest BCUT2D eigenvalue weighted by Gasteiger charge is -2.17. The van der Waals surface area contributed by atoms with Crippen molar-refractivity contribution in [2.75, 3.05) is 20.6 Å². The lowest BCUT2D eigenvalue weighted by molar-refractivity contribution is 0.385. The van der Waals surface area contributed by atoms with E-state index in [0.29, 0.717) is 6.54 Å². The molecule has 1 heterocycles. The molecule has 30 heavy (non-hydrogen) atoms. The van der Waals surface area contributed by atoms with E-state index in [9.17, 15) is 9.90 Å². The van der Waals surface area contributed by atoms with Crippen molar-refractivity contribution in [1.29, 1.82) is 0 Å². The highest BCUT2D eigenvalue weighted by atomic mass is 16.3. The van der Waals surface area contributed by atoms with Crippen molar-refractivity contribution in [3.63, 3.8) is 0 Å². The van der Waals surface area contributed by atoms with Gasteiger partial charge in [0.1, 0.15) is 5.75 Å². The van der Waals surface area contributed by atoms with Gasteiger partial charge in [-0.25, -0.2) is 0 Å². The number of nitrogens with zero attached hydrogens (tertiary/aromatic N) is 2. The van der Waals surface area contributed by atoms with Crippen molar-refractivity contribution >= 4 is 11.1 Å². The predicted octanol–water partition coefficient (Wildman–Crippen LogP) is 4.87. The lowest BCUT2D eigenvalue weighted by Crippen LogP contribution is -2.22. The van der Waals surface area contributed by atoms with Gasteiger partial charge in [-0.15, -0.1) is 0 Å². The summed E-state index contributed by atoms with van der Waals surface area (Å²) in [4.78, 5) is 15.0. The van der Waals surface area contributed by atoms with E-state index in [2.05, 4.69) is 24.0 Å². The maximum atomic E-state index is 12.8. The van der Waals surface area contributed by atoms with Gasteiger partial charge in [0.05, 0.1) is 0 Å². The Morgan fingerprint density at radius 1 is 0.933 bits per heavy atom. The summed E-state index contributed by atoms with van der Waals surface area (Å²) in [6, 6.07) is 21.2. The van der Waals surface area contributed by atoms with Crippen molar-refractivity contribution < 1.29 is 5.11 Å². The highest BCUT2D eigenvalue weighted by Crippen LogP contribution is 2.34. The first-order valence-electron chi connectivity index (χ1n) is 10.4. The van der Waals surface area contributed by atoms with Crippen LogP contribution in [0.3, 0.4) is 0 Å². The highest BCUT2D eigenvalue weighted by molar-refractivity contribution is 5.98. The molecule has 0 atom stereocenters. The minimum absolute atomic E-state index is 0.00560. The van der Waals surface area contributed by atoms with Crippen molar-refractivity contribution in [3.8, 4) is 5.75 Å². The van der Waals surface area contributed by atoms with Gasteiger partial charge in [-0.05, 0) is 79.5 Å². The molecule has 0 amide bonds. The number of phenols is 1. The van der Waals surface area contributed by atoms with Gasteiger partial charge in [0.2, 0.25) is 0 Å². The van der Waals surface area contributed by atoms with Crippen LogP contribution < -0.4 is 5.56 Å². The molecule has 1 N–H and O–H groups in total. The zero-order valence-electron chi connectivity index (χ0n) is 18.0. The number of hydrogen-bond acceptors (Lipinski definition) is 3. The summed E-state index contributed by atoms with van der Waals surface area (Å²) in [7, 11) is 4.08. The third kappa shape index (κ3) is 5.28. The minimum atomic E-state index is 0.00560. The van der Waals surface area contributed by atoms with Crippen LogP contribution in [0.5, 0.6) is 5.75 Å². The van der Waals surface area contributed by atoms with Crippen molar-refractivity contribution in [1.82, 2.24) is 9.47 Å². The molecule has 0 aliphatic carbocycles. The molecule has 2 aromatic carbocycles. The van der Waals surface area contributed by atoms with Gasteiger partial charge in [0, 0.05) is 18.8 Å². The van der Waals surface area contributed by atoms with Crippen LogP contribution in [0.1, 0.15) is 36.5 Å². The van der Waals surface area contributed by atoms with Gasteiger partial charge in [-0.2, -0.15) is 0 Å². The Morgan fingerprint density at radius 2 is 1.63 bits per heavy atom. The number of aryl methyl sites for hydroxylation is 1. The summed E-state index contributed by atoms with van der Waals surface area (Å²) in [5, 5.41) is 9.75. The standard InChI is InChI=1S/C26H30N2O2/c1-4-24(20-9-6-5-7-10-20)26(21-11-13-23(29)14-12-21)22-15-18-28(25(30)19-22)17-8-16-27(2)3/h5-7,9-15,18-19,29H,4,8,16-17H2,1-3H3. The number of allylic oxidation sites excluding steroid dienone is 1. The normalized spacial score (nSPS) is 12.1. The fourth-order valence-electron chi connectivity index (χ4n) is 3.71. The summed E-state index contributed by atoms with van der Waals surface area (Å²) in [6.45, 7) is 3.78. The first-order chi connectivity index (χ1) is 14.5. The lowest BCUT2D eigenvalue weighted by atomic mass is 9.88. The number of pyridine rings is 1. The molecular formula is C26H30N2O2. The largest absolute Gasteiger partial charge is 0.508 e. The molecule has 0 aliphatic rings. The van der Waals surface area contributed by atoms with Gasteiger partial charge in [0.25, 0.3) is 5.56 Å². The monoisotopic (exact) mass is 402 g/mol. The van der Waals surface area contributed by atoms with E-state index in [1.54, 1.807) is 22.8 Å². The number of rotatable bonds is 8. The Labute approximate surface area is 178 Å². The maximum absolute atomic E-state index is 12.8. The van der Waals surface area contributed by atoms with Gasteiger partial charge in [-0.3, -0.25) is 4.79 Å². The van der Waals surface area contributed by atoms with E-state index in [-0.39, 0.29) is 11.3 Å². The van der Waals surface area contributed by atoms with Crippen LogP contribution in [-0.4, -0.2) is 35.2 Å². The van der Waals surface area contributed by atoms with Gasteiger partial charge >= 0.3 is 0 Å². The Balaban J connectivity index is 2.09. The Morgan fingerprint density at radius 3 is 2.23 bits per heavy atom. The second kappa shape index (κ2) is 10.1. The van der Waals surface area contributed by atoms with E-state index in [0.717, 1.165) is 41.6 Å². The molecule has 4 heteroatoms. The average molecular weight is 403 g/mol. The van der Waals surface area contributed by atoms with Gasteiger partial charge in [0.15, 0.2) is 0 Å². The Kier molecular flexibility index (Phi) is 7.26. The van der Waals surface area contributed by atoms with Crippen molar-refractivity contribution in [3.05, 3.63) is 100.0 Å². The Bertz CT molecular complexity index is 1050. The molecule has 0 spiro atoms. The van der Waals surface area contributed by atoms with E-state index in [4.69, 9.17) is 0 Å². The van der Waals surface area contributed by atoms with Crippen LogP contribution in [0.15, 0.2) is 77.7 Å². The Hall–Kier alpha value is -3.11.